The van der Waals surface area contributed by atoms with Gasteiger partial charge < -0.3 is 15.5 Å². The smallest absolute Gasteiger partial charge is 0.0664 e. The molecule has 0 amide bonds. The van der Waals surface area contributed by atoms with Crippen molar-refractivity contribution in [2.75, 3.05) is 13.1 Å². The fourth-order valence-electron chi connectivity index (χ4n) is 0.894. The number of hydrogen-bond acceptors (Lipinski definition) is 3. The summed E-state index contributed by atoms with van der Waals surface area (Å²) >= 11 is 0. The Hall–Kier alpha value is -0.120. The van der Waals surface area contributed by atoms with Crippen LogP contribution in [0.2, 0.25) is 0 Å². The van der Waals surface area contributed by atoms with E-state index >= 15 is 0 Å². The zero-order valence-electron chi connectivity index (χ0n) is 7.38. The van der Waals surface area contributed by atoms with Crippen LogP contribution in [0.15, 0.2) is 0 Å². The maximum atomic E-state index is 9.22. The molecule has 0 aliphatic heterocycles. The van der Waals surface area contributed by atoms with Crippen LogP contribution in [0, 0.1) is 0 Å². The van der Waals surface area contributed by atoms with Crippen LogP contribution in [0.5, 0.6) is 0 Å². The minimum atomic E-state index is -0.330. The average molecular weight is 161 g/mol. The molecule has 0 aromatic carbocycles. The van der Waals surface area contributed by atoms with Gasteiger partial charge in [-0.3, -0.25) is 0 Å². The van der Waals surface area contributed by atoms with Crippen molar-refractivity contribution in [3.63, 3.8) is 0 Å². The lowest BCUT2D eigenvalue weighted by molar-refractivity contribution is 0.146. The standard InChI is InChI=1S/C8H19NO2/c1-3-4-8(11)6-9-5-7(2)10/h7-11H,3-6H2,1-2H3/t7-,8?/m1/s1. The summed E-state index contributed by atoms with van der Waals surface area (Å²) in [6.07, 6.45) is 1.23. The molecule has 2 atom stereocenters. The van der Waals surface area contributed by atoms with Crippen LogP contribution in [0.25, 0.3) is 0 Å². The molecule has 0 rings (SSSR count). The summed E-state index contributed by atoms with van der Waals surface area (Å²) in [4.78, 5) is 0. The Labute approximate surface area is 68.4 Å². The molecule has 3 N–H and O–H groups in total. The number of rotatable bonds is 6. The van der Waals surface area contributed by atoms with Crippen LogP contribution < -0.4 is 5.32 Å². The number of aliphatic hydroxyl groups excluding tert-OH is 2. The van der Waals surface area contributed by atoms with Gasteiger partial charge in [-0.25, -0.2) is 0 Å². The lowest BCUT2D eigenvalue weighted by atomic mass is 10.2. The zero-order chi connectivity index (χ0) is 8.69. The third-order valence-electron chi connectivity index (χ3n) is 1.44. The highest BCUT2D eigenvalue weighted by Gasteiger charge is 2.01. The van der Waals surface area contributed by atoms with E-state index in [0.29, 0.717) is 13.1 Å². The van der Waals surface area contributed by atoms with Crippen molar-refractivity contribution in [1.29, 1.82) is 0 Å². The minimum absolute atomic E-state index is 0.265. The molecule has 0 bridgehead atoms. The highest BCUT2D eigenvalue weighted by Crippen LogP contribution is 1.93. The van der Waals surface area contributed by atoms with E-state index in [4.69, 9.17) is 5.11 Å². The van der Waals surface area contributed by atoms with Crippen LogP contribution in [0.3, 0.4) is 0 Å². The number of nitrogens with one attached hydrogen (secondary N) is 1. The topological polar surface area (TPSA) is 52.5 Å². The monoisotopic (exact) mass is 161 g/mol. The molecule has 0 saturated heterocycles. The van der Waals surface area contributed by atoms with E-state index in [-0.39, 0.29) is 12.2 Å². The van der Waals surface area contributed by atoms with E-state index in [9.17, 15) is 5.11 Å². The fraction of sp³-hybridized carbons (Fsp3) is 1.00. The van der Waals surface area contributed by atoms with E-state index in [1.807, 2.05) is 6.92 Å². The average Bonchev–Trinajstić information content (AvgIpc) is 1.87. The van der Waals surface area contributed by atoms with Crippen molar-refractivity contribution in [1.82, 2.24) is 5.32 Å². The molecule has 0 aromatic rings. The van der Waals surface area contributed by atoms with Gasteiger partial charge in [0.05, 0.1) is 12.2 Å². The Morgan fingerprint density at radius 2 is 1.91 bits per heavy atom. The first-order chi connectivity index (χ1) is 5.16. The largest absolute Gasteiger partial charge is 0.392 e. The quantitative estimate of drug-likeness (QED) is 0.518. The SMILES string of the molecule is CCCC(O)CNC[C@@H](C)O. The van der Waals surface area contributed by atoms with Crippen LogP contribution in [-0.2, 0) is 0 Å². The van der Waals surface area contributed by atoms with Gasteiger partial charge in [0.15, 0.2) is 0 Å². The molecule has 0 fully saturated rings. The molecule has 0 aliphatic rings. The van der Waals surface area contributed by atoms with Crippen molar-refractivity contribution in [2.45, 2.75) is 38.9 Å². The van der Waals surface area contributed by atoms with Crippen LogP contribution in [0.4, 0.5) is 0 Å². The summed E-state index contributed by atoms with van der Waals surface area (Å²) in [6.45, 7) is 4.90. The van der Waals surface area contributed by atoms with Gasteiger partial charge in [0.25, 0.3) is 0 Å². The van der Waals surface area contributed by atoms with Gasteiger partial charge in [-0.05, 0) is 13.3 Å². The van der Waals surface area contributed by atoms with E-state index in [1.165, 1.54) is 0 Å². The summed E-state index contributed by atoms with van der Waals surface area (Å²) in [5, 5.41) is 21.0. The summed E-state index contributed by atoms with van der Waals surface area (Å²) in [5.74, 6) is 0. The number of aliphatic hydroxyl groups is 2. The third-order valence-corrected chi connectivity index (χ3v) is 1.44. The minimum Gasteiger partial charge on any atom is -0.392 e. The molecule has 0 aliphatic carbocycles. The lowest BCUT2D eigenvalue weighted by Crippen LogP contribution is -2.31. The molecule has 3 nitrogen and oxygen atoms in total. The van der Waals surface area contributed by atoms with Gasteiger partial charge >= 0.3 is 0 Å². The zero-order valence-corrected chi connectivity index (χ0v) is 7.38. The van der Waals surface area contributed by atoms with Gasteiger partial charge in [-0.15, -0.1) is 0 Å². The number of hydrogen-bond donors (Lipinski definition) is 3. The Balaban J connectivity index is 3.10. The molecule has 0 heterocycles. The Bertz CT molecular complexity index is 86.2. The Morgan fingerprint density at radius 1 is 1.27 bits per heavy atom. The van der Waals surface area contributed by atoms with Gasteiger partial charge in [-0.2, -0.15) is 0 Å². The Kier molecular flexibility index (Phi) is 6.51. The Morgan fingerprint density at radius 3 is 2.36 bits per heavy atom. The predicted molar refractivity (Wildman–Crippen MR) is 45.5 cm³/mol. The molecular formula is C8H19NO2. The van der Waals surface area contributed by atoms with Crippen LogP contribution in [0.1, 0.15) is 26.7 Å². The van der Waals surface area contributed by atoms with Crippen molar-refractivity contribution >= 4 is 0 Å². The molecule has 0 aromatic heterocycles. The molecule has 0 radical (unpaired) electrons. The van der Waals surface area contributed by atoms with E-state index in [0.717, 1.165) is 12.8 Å². The van der Waals surface area contributed by atoms with Crippen molar-refractivity contribution in [3.8, 4) is 0 Å². The molecule has 11 heavy (non-hydrogen) atoms. The first kappa shape index (κ1) is 10.9. The fourth-order valence-corrected chi connectivity index (χ4v) is 0.894. The van der Waals surface area contributed by atoms with Gasteiger partial charge in [0.1, 0.15) is 0 Å². The van der Waals surface area contributed by atoms with Gasteiger partial charge in [-0.1, -0.05) is 13.3 Å². The first-order valence-corrected chi connectivity index (χ1v) is 4.23. The molecule has 68 valence electrons. The maximum Gasteiger partial charge on any atom is 0.0664 e. The van der Waals surface area contributed by atoms with Gasteiger partial charge in [0.2, 0.25) is 0 Å². The van der Waals surface area contributed by atoms with Crippen LogP contribution >= 0.6 is 0 Å². The van der Waals surface area contributed by atoms with Crippen molar-refractivity contribution in [2.24, 2.45) is 0 Å². The second-order valence-electron chi connectivity index (χ2n) is 2.95. The molecule has 3 heteroatoms. The highest BCUT2D eigenvalue weighted by atomic mass is 16.3. The summed E-state index contributed by atoms with van der Waals surface area (Å²) in [6, 6.07) is 0. The summed E-state index contributed by atoms with van der Waals surface area (Å²) < 4.78 is 0. The van der Waals surface area contributed by atoms with Crippen molar-refractivity contribution in [3.05, 3.63) is 0 Å². The van der Waals surface area contributed by atoms with Gasteiger partial charge in [0, 0.05) is 13.1 Å². The molecule has 0 spiro atoms. The second kappa shape index (κ2) is 6.58. The van der Waals surface area contributed by atoms with E-state index < -0.39 is 0 Å². The highest BCUT2D eigenvalue weighted by molar-refractivity contribution is 4.60. The normalized spacial score (nSPS) is 16.4. The third kappa shape index (κ3) is 7.78. The second-order valence-corrected chi connectivity index (χ2v) is 2.95. The first-order valence-electron chi connectivity index (χ1n) is 4.23. The lowest BCUT2D eigenvalue weighted by Gasteiger charge is -2.11. The maximum absolute atomic E-state index is 9.22. The summed E-state index contributed by atoms with van der Waals surface area (Å²) in [7, 11) is 0. The molecule has 0 saturated carbocycles. The molecular weight excluding hydrogens is 142 g/mol. The van der Waals surface area contributed by atoms with E-state index in [1.54, 1.807) is 6.92 Å². The van der Waals surface area contributed by atoms with Crippen molar-refractivity contribution < 1.29 is 10.2 Å². The van der Waals surface area contributed by atoms with E-state index in [2.05, 4.69) is 5.32 Å². The van der Waals surface area contributed by atoms with Crippen LogP contribution in [-0.4, -0.2) is 35.5 Å². The molecule has 1 unspecified atom stereocenters. The summed E-state index contributed by atoms with van der Waals surface area (Å²) in [5.41, 5.74) is 0. The predicted octanol–water partition coefficient (Wildman–Crippen LogP) is 0.118.